The van der Waals surface area contributed by atoms with Gasteiger partial charge in [0.15, 0.2) is 11.3 Å². The van der Waals surface area contributed by atoms with Gasteiger partial charge >= 0.3 is 0 Å². The van der Waals surface area contributed by atoms with Crippen LogP contribution in [0.2, 0.25) is 0 Å². The number of nitrogens with zero attached hydrogens (tertiary/aromatic N) is 8. The van der Waals surface area contributed by atoms with Gasteiger partial charge in [0.2, 0.25) is 17.7 Å². The number of hydrogen-bond acceptors (Lipinski definition) is 11. The lowest BCUT2D eigenvalue weighted by Crippen LogP contribution is -2.44. The minimum Gasteiger partial charge on any atom is -0.391 e. The summed E-state index contributed by atoms with van der Waals surface area (Å²) in [6.45, 7) is 4.59. The molecule has 1 aromatic carbocycles. The molecule has 3 N–H and O–H groups in total. The van der Waals surface area contributed by atoms with Crippen molar-refractivity contribution in [3.63, 3.8) is 0 Å². The highest BCUT2D eigenvalue weighted by atomic mass is 19.3. The van der Waals surface area contributed by atoms with Crippen molar-refractivity contribution < 1.29 is 37.8 Å². The third-order valence-corrected chi connectivity index (χ3v) is 13.6. The number of likely N-dealkylation sites (N-methyl/N-ethyl adjacent to an activating group) is 1. The van der Waals surface area contributed by atoms with Crippen molar-refractivity contribution in [2.24, 2.45) is 11.8 Å². The standard InChI is InChI=1S/C44H54F2N10O6/c1-52-39-27(4-2-6-31(39)37(44(52)61)32-11-12-36(58)50-42(32)59)5-3-21-62-30-14-17-53(18-15-30)23-26-7-9-28(10-8-26)56-25-34(38(51-56)40(45)46)48-43(60)33-22-47-55-20-16-35(49-41(33)55)54-19-13-29(57)24-54/h2,4,6,16,20,22,25-26,28-30,32,37,40,57H,3,5,7-15,17-19,21,23-24H2,1H3,(H,48,60)(H,50,58,59)/t26?,28?,29-,32?,37?/m1/s1. The minimum atomic E-state index is -2.87. The summed E-state index contributed by atoms with van der Waals surface area (Å²) in [4.78, 5) is 61.9. The summed E-state index contributed by atoms with van der Waals surface area (Å²) in [6, 6.07) is 7.63. The van der Waals surface area contributed by atoms with Crippen LogP contribution in [0, 0.1) is 11.8 Å². The van der Waals surface area contributed by atoms with Crippen molar-refractivity contribution in [3.05, 3.63) is 65.2 Å². The predicted molar refractivity (Wildman–Crippen MR) is 224 cm³/mol. The highest BCUT2D eigenvalue weighted by Crippen LogP contribution is 2.45. The van der Waals surface area contributed by atoms with E-state index in [9.17, 15) is 33.1 Å². The first-order valence-corrected chi connectivity index (χ1v) is 22.0. The summed E-state index contributed by atoms with van der Waals surface area (Å²) in [5.41, 5.74) is 2.75. The molecule has 3 atom stereocenters. The number of rotatable bonds is 13. The second kappa shape index (κ2) is 17.8. The molecule has 16 nitrogen and oxygen atoms in total. The van der Waals surface area contributed by atoms with Crippen LogP contribution in [0.25, 0.3) is 5.65 Å². The SMILES string of the molecule is CN1C(=O)C(C2CCC(=O)NC2=O)c2cccc(CCCOC3CCN(CC4CCC(n5cc(NC(=O)c6cnn7ccc(N8CC[C@@H](O)C8)nc67)c(C(F)F)n5)CC4)CC3)c21. The fraction of sp³-hybridized carbons (Fsp3) is 0.568. The van der Waals surface area contributed by atoms with Crippen molar-refractivity contribution in [1.82, 2.24) is 34.6 Å². The van der Waals surface area contributed by atoms with Crippen molar-refractivity contribution in [2.75, 3.05) is 61.5 Å². The molecular weight excluding hydrogens is 803 g/mol. The Morgan fingerprint density at radius 2 is 1.84 bits per heavy atom. The van der Waals surface area contributed by atoms with Crippen LogP contribution in [0.3, 0.4) is 0 Å². The van der Waals surface area contributed by atoms with Gasteiger partial charge in [0.25, 0.3) is 12.3 Å². The number of carbonyl (C=O) groups is 4. The molecule has 4 amide bonds. The van der Waals surface area contributed by atoms with E-state index in [1.807, 2.05) is 23.1 Å². The van der Waals surface area contributed by atoms with Crippen LogP contribution in [0.1, 0.15) is 110 Å². The molecule has 9 rings (SSSR count). The molecule has 4 aliphatic heterocycles. The first-order chi connectivity index (χ1) is 30.0. The van der Waals surface area contributed by atoms with E-state index in [1.165, 1.54) is 16.9 Å². The number of benzene rings is 1. The van der Waals surface area contributed by atoms with E-state index in [2.05, 4.69) is 30.7 Å². The molecule has 7 heterocycles. The van der Waals surface area contributed by atoms with E-state index in [-0.39, 0.29) is 47.5 Å². The zero-order valence-electron chi connectivity index (χ0n) is 34.9. The smallest absolute Gasteiger partial charge is 0.284 e. The summed E-state index contributed by atoms with van der Waals surface area (Å²) in [5.74, 6) is -1.39. The van der Waals surface area contributed by atoms with E-state index < -0.39 is 36.0 Å². The van der Waals surface area contributed by atoms with Crippen molar-refractivity contribution in [1.29, 1.82) is 0 Å². The Hall–Kier alpha value is -5.33. The number of alkyl halides is 2. The average molecular weight is 857 g/mol. The molecule has 1 saturated carbocycles. The lowest BCUT2D eigenvalue weighted by atomic mass is 9.81. The highest BCUT2D eigenvalue weighted by molar-refractivity contribution is 6.10. The number of aliphatic hydroxyl groups excluding tert-OH is 1. The van der Waals surface area contributed by atoms with Crippen molar-refractivity contribution >= 4 is 46.5 Å². The number of anilines is 3. The van der Waals surface area contributed by atoms with Gasteiger partial charge in [-0.15, -0.1) is 0 Å². The predicted octanol–water partition coefficient (Wildman–Crippen LogP) is 4.64. The number of aromatic nitrogens is 5. The summed E-state index contributed by atoms with van der Waals surface area (Å²) in [5, 5.41) is 23.5. The monoisotopic (exact) mass is 856 g/mol. The summed E-state index contributed by atoms with van der Waals surface area (Å²) < 4.78 is 37.9. The molecule has 330 valence electrons. The van der Waals surface area contributed by atoms with Gasteiger partial charge in [0.1, 0.15) is 11.4 Å². The van der Waals surface area contributed by atoms with Crippen molar-refractivity contribution in [3.8, 4) is 0 Å². The molecule has 18 heteroatoms. The van der Waals surface area contributed by atoms with Gasteiger partial charge in [0, 0.05) is 65.2 Å². The maximum absolute atomic E-state index is 14.2. The summed E-state index contributed by atoms with van der Waals surface area (Å²) in [6.07, 6.45) is 9.67. The Bertz CT molecular complexity index is 2320. The molecular formula is C44H54F2N10O6. The lowest BCUT2D eigenvalue weighted by molar-refractivity contribution is -0.139. The van der Waals surface area contributed by atoms with E-state index in [0.29, 0.717) is 49.9 Å². The second-order valence-electron chi connectivity index (χ2n) is 17.6. The number of fused-ring (bicyclic) bond motifs is 2. The van der Waals surface area contributed by atoms with Gasteiger partial charge in [-0.3, -0.25) is 29.2 Å². The number of carbonyl (C=O) groups excluding carboxylic acids is 4. The number of amides is 4. The van der Waals surface area contributed by atoms with Gasteiger partial charge in [-0.2, -0.15) is 10.2 Å². The average Bonchev–Trinajstić information content (AvgIpc) is 4.06. The maximum atomic E-state index is 14.2. The number of hydrogen-bond donors (Lipinski definition) is 3. The highest BCUT2D eigenvalue weighted by Gasteiger charge is 2.45. The third kappa shape index (κ3) is 8.56. The second-order valence-corrected chi connectivity index (χ2v) is 17.6. The number of aliphatic hydroxyl groups is 1. The molecule has 5 aliphatic rings. The quantitative estimate of drug-likeness (QED) is 0.126. The van der Waals surface area contributed by atoms with Crippen LogP contribution in [-0.4, -0.2) is 117 Å². The number of para-hydroxylation sites is 1. The number of nitrogens with one attached hydrogen (secondary N) is 2. The van der Waals surface area contributed by atoms with E-state index >= 15 is 0 Å². The van der Waals surface area contributed by atoms with Gasteiger partial charge in [0.05, 0.1) is 47.7 Å². The number of ether oxygens (including phenoxy) is 1. The van der Waals surface area contributed by atoms with Gasteiger partial charge in [-0.05, 0) is 87.3 Å². The number of halogens is 2. The Morgan fingerprint density at radius 1 is 1.03 bits per heavy atom. The lowest BCUT2D eigenvalue weighted by Gasteiger charge is -2.36. The largest absolute Gasteiger partial charge is 0.391 e. The van der Waals surface area contributed by atoms with Gasteiger partial charge < -0.3 is 29.9 Å². The topological polar surface area (TPSA) is 180 Å². The number of piperidine rings is 2. The molecule has 3 aromatic heterocycles. The Balaban J connectivity index is 0.721. The van der Waals surface area contributed by atoms with E-state index in [0.717, 1.165) is 87.8 Å². The Labute approximate surface area is 357 Å². The van der Waals surface area contributed by atoms with Crippen LogP contribution in [0.15, 0.2) is 42.9 Å². The molecule has 1 aliphatic carbocycles. The Kier molecular flexibility index (Phi) is 12.1. The minimum absolute atomic E-state index is 0.0248. The molecule has 3 saturated heterocycles. The first-order valence-electron chi connectivity index (χ1n) is 22.0. The molecule has 62 heavy (non-hydrogen) atoms. The zero-order chi connectivity index (χ0) is 43.1. The third-order valence-electron chi connectivity index (χ3n) is 13.6. The van der Waals surface area contributed by atoms with Crippen LogP contribution in [0.5, 0.6) is 0 Å². The van der Waals surface area contributed by atoms with E-state index in [1.54, 1.807) is 28.9 Å². The summed E-state index contributed by atoms with van der Waals surface area (Å²) in [7, 11) is 1.76. The number of aryl methyl sites for hydroxylation is 1. The van der Waals surface area contributed by atoms with Crippen LogP contribution in [-0.2, 0) is 25.5 Å². The molecule has 4 aromatic rings. The molecule has 4 fully saturated rings. The zero-order valence-corrected chi connectivity index (χ0v) is 34.9. The molecule has 0 spiro atoms. The number of likely N-dealkylation sites (tertiary alicyclic amines) is 1. The number of β-amino-alcohol motifs (C(OH)–C–C–N with tert-alkyl or cyclic N) is 1. The fourth-order valence-electron chi connectivity index (χ4n) is 10.3. The summed E-state index contributed by atoms with van der Waals surface area (Å²) >= 11 is 0. The molecule has 0 radical (unpaired) electrons. The molecule has 0 bridgehead atoms. The maximum Gasteiger partial charge on any atom is 0.284 e. The van der Waals surface area contributed by atoms with Crippen LogP contribution >= 0.6 is 0 Å². The fourth-order valence-corrected chi connectivity index (χ4v) is 10.3. The van der Waals surface area contributed by atoms with Crippen LogP contribution < -0.4 is 20.4 Å². The Morgan fingerprint density at radius 3 is 2.58 bits per heavy atom. The van der Waals surface area contributed by atoms with Crippen molar-refractivity contribution in [2.45, 2.75) is 101 Å². The molecule has 2 unspecified atom stereocenters. The van der Waals surface area contributed by atoms with Gasteiger partial charge in [-0.1, -0.05) is 18.2 Å². The normalized spacial score (nSPS) is 25.0. The van der Waals surface area contributed by atoms with E-state index in [4.69, 9.17) is 4.74 Å². The first kappa shape index (κ1) is 42.0. The number of imide groups is 1. The van der Waals surface area contributed by atoms with Gasteiger partial charge in [-0.25, -0.2) is 18.3 Å². The van der Waals surface area contributed by atoms with Crippen LogP contribution in [0.4, 0.5) is 26.0 Å².